The summed E-state index contributed by atoms with van der Waals surface area (Å²) in [4.78, 5) is 15.7. The molecule has 1 aromatic carbocycles. The summed E-state index contributed by atoms with van der Waals surface area (Å²) < 4.78 is 4.95. The third-order valence-electron chi connectivity index (χ3n) is 3.23. The van der Waals surface area contributed by atoms with E-state index in [0.29, 0.717) is 24.2 Å². The van der Waals surface area contributed by atoms with Crippen LogP contribution in [0.25, 0.3) is 11.0 Å². The van der Waals surface area contributed by atoms with E-state index in [9.17, 15) is 9.90 Å². The van der Waals surface area contributed by atoms with Crippen molar-refractivity contribution in [1.82, 2.24) is 9.55 Å². The average Bonchev–Trinajstić information content (AvgIpc) is 2.82. The maximum absolute atomic E-state index is 11.4. The lowest BCUT2D eigenvalue weighted by Gasteiger charge is -2.15. The van der Waals surface area contributed by atoms with Crippen LogP contribution in [0.3, 0.4) is 0 Å². The number of para-hydroxylation sites is 1. The molecule has 0 aliphatic rings. The molecule has 1 N–H and O–H groups in total. The quantitative estimate of drug-likeness (QED) is 0.621. The van der Waals surface area contributed by atoms with Crippen molar-refractivity contribution in [2.45, 2.75) is 23.2 Å². The summed E-state index contributed by atoms with van der Waals surface area (Å²) >= 11 is 17.9. The molecule has 0 saturated carbocycles. The van der Waals surface area contributed by atoms with E-state index in [1.54, 1.807) is 23.8 Å². The number of rotatable bonds is 6. The number of ether oxygens (including phenoxy) is 1. The number of alkyl halides is 3. The van der Waals surface area contributed by atoms with Crippen LogP contribution in [0.2, 0.25) is 0 Å². The van der Waals surface area contributed by atoms with Crippen molar-refractivity contribution in [1.29, 1.82) is 0 Å². The fourth-order valence-electron chi connectivity index (χ4n) is 2.31. The summed E-state index contributed by atoms with van der Waals surface area (Å²) in [5.74, 6) is -0.821. The number of carbonyl (C=O) groups is 1. The van der Waals surface area contributed by atoms with E-state index in [1.165, 1.54) is 6.07 Å². The number of imidazole rings is 1. The first-order valence-corrected chi connectivity index (χ1v) is 7.78. The fraction of sp³-hybridized carbons (Fsp3) is 0.429. The first-order valence-electron chi connectivity index (χ1n) is 6.65. The fourth-order valence-corrected chi connectivity index (χ4v) is 2.74. The van der Waals surface area contributed by atoms with E-state index >= 15 is 0 Å². The second-order valence-electron chi connectivity index (χ2n) is 4.76. The highest BCUT2D eigenvalue weighted by atomic mass is 35.6. The highest BCUT2D eigenvalue weighted by molar-refractivity contribution is 6.66. The third kappa shape index (κ3) is 3.66. The standard InChI is InChI=1S/C14H15Cl3N2O3/c1-22-8-3-2-7-19-11-9(12(20)21)5-4-6-10(11)18-13(19)14(15,16)17/h4-6H,2-3,7-8H2,1H3,(H,20,21). The van der Waals surface area contributed by atoms with E-state index in [0.717, 1.165) is 12.8 Å². The number of halogens is 3. The van der Waals surface area contributed by atoms with Crippen LogP contribution >= 0.6 is 34.8 Å². The van der Waals surface area contributed by atoms with E-state index in [2.05, 4.69) is 4.98 Å². The van der Waals surface area contributed by atoms with Crippen molar-refractivity contribution in [2.24, 2.45) is 0 Å². The van der Waals surface area contributed by atoms with Gasteiger partial charge in [-0.25, -0.2) is 9.78 Å². The van der Waals surface area contributed by atoms with Crippen LogP contribution in [-0.2, 0) is 15.1 Å². The Morgan fingerprint density at radius 3 is 2.68 bits per heavy atom. The van der Waals surface area contributed by atoms with Crippen molar-refractivity contribution in [3.8, 4) is 0 Å². The molecule has 0 amide bonds. The Kier molecular flexibility index (Phi) is 5.55. The predicted octanol–water partition coefficient (Wildman–Crippen LogP) is 3.99. The van der Waals surface area contributed by atoms with Crippen LogP contribution in [0.4, 0.5) is 0 Å². The molecular weight excluding hydrogens is 351 g/mol. The van der Waals surface area contributed by atoms with Gasteiger partial charge in [0.2, 0.25) is 3.79 Å². The zero-order chi connectivity index (χ0) is 16.3. The summed E-state index contributed by atoms with van der Waals surface area (Å²) in [5.41, 5.74) is 1.10. The molecule has 120 valence electrons. The molecule has 0 aliphatic heterocycles. The molecule has 0 bridgehead atoms. The van der Waals surface area contributed by atoms with Gasteiger partial charge in [-0.05, 0) is 25.0 Å². The van der Waals surface area contributed by atoms with Crippen molar-refractivity contribution in [2.75, 3.05) is 13.7 Å². The summed E-state index contributed by atoms with van der Waals surface area (Å²) in [5, 5.41) is 9.37. The minimum absolute atomic E-state index is 0.136. The number of carboxylic acids is 1. The number of aryl methyl sites for hydroxylation is 1. The molecule has 0 aliphatic carbocycles. The molecule has 2 aromatic rings. The van der Waals surface area contributed by atoms with Crippen molar-refractivity contribution in [3.05, 3.63) is 29.6 Å². The lowest BCUT2D eigenvalue weighted by atomic mass is 10.2. The van der Waals surface area contributed by atoms with Crippen molar-refractivity contribution in [3.63, 3.8) is 0 Å². The molecule has 0 unspecified atom stereocenters. The van der Waals surface area contributed by atoms with Crippen molar-refractivity contribution < 1.29 is 14.6 Å². The van der Waals surface area contributed by atoms with Crippen LogP contribution in [-0.4, -0.2) is 34.3 Å². The number of hydrogen-bond acceptors (Lipinski definition) is 3. The molecule has 0 atom stereocenters. The molecule has 22 heavy (non-hydrogen) atoms. The Morgan fingerprint density at radius 1 is 1.36 bits per heavy atom. The summed E-state index contributed by atoms with van der Waals surface area (Å²) in [7, 11) is 1.63. The smallest absolute Gasteiger partial charge is 0.337 e. The Balaban J connectivity index is 2.54. The highest BCUT2D eigenvalue weighted by Crippen LogP contribution is 2.39. The van der Waals surface area contributed by atoms with Gasteiger partial charge in [-0.2, -0.15) is 0 Å². The molecule has 0 fully saturated rings. The Bertz CT molecular complexity index is 680. The number of nitrogens with zero attached hydrogens (tertiary/aromatic N) is 2. The van der Waals surface area contributed by atoms with Gasteiger partial charge in [0.15, 0.2) is 5.82 Å². The Labute approximate surface area is 142 Å². The topological polar surface area (TPSA) is 64.4 Å². The van der Waals surface area contributed by atoms with E-state index < -0.39 is 9.76 Å². The molecule has 1 heterocycles. The second-order valence-corrected chi connectivity index (χ2v) is 7.04. The van der Waals surface area contributed by atoms with Gasteiger partial charge < -0.3 is 14.4 Å². The largest absolute Gasteiger partial charge is 0.478 e. The number of carboxylic acid groups (broad SMARTS) is 1. The summed E-state index contributed by atoms with van der Waals surface area (Å²) in [6.07, 6.45) is 1.56. The number of fused-ring (bicyclic) bond motifs is 1. The van der Waals surface area contributed by atoms with Crippen LogP contribution in [0.15, 0.2) is 18.2 Å². The van der Waals surface area contributed by atoms with Crippen LogP contribution in [0, 0.1) is 0 Å². The Morgan fingerprint density at radius 2 is 2.09 bits per heavy atom. The van der Waals surface area contributed by atoms with Gasteiger partial charge in [0.05, 0.1) is 16.6 Å². The maximum Gasteiger partial charge on any atom is 0.337 e. The minimum atomic E-state index is -1.73. The monoisotopic (exact) mass is 364 g/mol. The molecule has 0 radical (unpaired) electrons. The van der Waals surface area contributed by atoms with E-state index in [1.807, 2.05) is 0 Å². The number of methoxy groups -OCH3 is 1. The van der Waals surface area contributed by atoms with Gasteiger partial charge in [-0.3, -0.25) is 0 Å². The number of benzene rings is 1. The summed E-state index contributed by atoms with van der Waals surface area (Å²) in [6.45, 7) is 1.11. The minimum Gasteiger partial charge on any atom is -0.478 e. The first-order chi connectivity index (χ1) is 10.4. The third-order valence-corrected chi connectivity index (χ3v) is 3.74. The number of aromatic carboxylic acids is 1. The van der Waals surface area contributed by atoms with E-state index in [4.69, 9.17) is 39.5 Å². The highest BCUT2D eigenvalue weighted by Gasteiger charge is 2.31. The normalized spacial score (nSPS) is 12.0. The van der Waals surface area contributed by atoms with Crippen LogP contribution in [0.1, 0.15) is 29.0 Å². The first kappa shape index (κ1) is 17.3. The van der Waals surface area contributed by atoms with Gasteiger partial charge in [0, 0.05) is 20.3 Å². The average molecular weight is 366 g/mol. The number of unbranched alkanes of at least 4 members (excludes halogenated alkanes) is 1. The Hall–Kier alpha value is -1.01. The van der Waals surface area contributed by atoms with E-state index in [-0.39, 0.29) is 11.4 Å². The van der Waals surface area contributed by atoms with Gasteiger partial charge in [-0.1, -0.05) is 40.9 Å². The van der Waals surface area contributed by atoms with Gasteiger partial charge in [-0.15, -0.1) is 0 Å². The molecule has 0 saturated heterocycles. The van der Waals surface area contributed by atoms with Gasteiger partial charge in [0.25, 0.3) is 0 Å². The van der Waals surface area contributed by atoms with Gasteiger partial charge in [0.1, 0.15) is 0 Å². The summed E-state index contributed by atoms with van der Waals surface area (Å²) in [6, 6.07) is 4.84. The lowest BCUT2D eigenvalue weighted by Crippen LogP contribution is -2.14. The molecular formula is C14H15Cl3N2O3. The lowest BCUT2D eigenvalue weighted by molar-refractivity contribution is 0.0698. The number of aromatic nitrogens is 2. The maximum atomic E-state index is 11.4. The molecule has 2 rings (SSSR count). The molecule has 1 aromatic heterocycles. The zero-order valence-electron chi connectivity index (χ0n) is 11.9. The predicted molar refractivity (Wildman–Crippen MR) is 87.0 cm³/mol. The molecule has 5 nitrogen and oxygen atoms in total. The SMILES string of the molecule is COCCCCn1c(C(Cl)(Cl)Cl)nc2cccc(C(=O)O)c21. The molecule has 0 spiro atoms. The van der Waals surface area contributed by atoms with Gasteiger partial charge >= 0.3 is 5.97 Å². The molecule has 8 heteroatoms. The zero-order valence-corrected chi connectivity index (χ0v) is 14.1. The number of hydrogen-bond donors (Lipinski definition) is 1. The second kappa shape index (κ2) is 7.04. The van der Waals surface area contributed by atoms with Crippen LogP contribution in [0.5, 0.6) is 0 Å². The van der Waals surface area contributed by atoms with Crippen LogP contribution < -0.4 is 0 Å². The van der Waals surface area contributed by atoms with Crippen molar-refractivity contribution >= 4 is 51.8 Å².